The molecule has 0 aliphatic rings. The van der Waals surface area contributed by atoms with Crippen molar-refractivity contribution < 1.29 is 9.13 Å². The summed E-state index contributed by atoms with van der Waals surface area (Å²) in [6, 6.07) is 11.6. The first-order valence-corrected chi connectivity index (χ1v) is 11.8. The molecule has 37 heavy (non-hydrogen) atoms. The summed E-state index contributed by atoms with van der Waals surface area (Å²) in [6.07, 6.45) is 9.41. The zero-order valence-electron chi connectivity index (χ0n) is 20.8. The van der Waals surface area contributed by atoms with E-state index in [4.69, 9.17) is 10.1 Å². The van der Waals surface area contributed by atoms with E-state index in [1.165, 1.54) is 0 Å². The zero-order chi connectivity index (χ0) is 26.4. The highest BCUT2D eigenvalue weighted by atomic mass is 19.1. The summed E-state index contributed by atoms with van der Waals surface area (Å²) in [7, 11) is 1.95. The molecule has 4 aromatic rings. The number of anilines is 2. The Morgan fingerprint density at radius 3 is 2.76 bits per heavy atom. The average molecular weight is 499 g/mol. The van der Waals surface area contributed by atoms with Crippen molar-refractivity contribution in [3.05, 3.63) is 78.3 Å². The van der Waals surface area contributed by atoms with Crippen molar-refractivity contribution in [2.75, 3.05) is 23.9 Å². The molecule has 0 aliphatic carbocycles. The molecule has 0 aromatic carbocycles. The summed E-state index contributed by atoms with van der Waals surface area (Å²) in [5, 5.41) is 23.5. The van der Waals surface area contributed by atoms with E-state index >= 15 is 0 Å². The van der Waals surface area contributed by atoms with E-state index in [2.05, 4.69) is 26.5 Å². The van der Waals surface area contributed by atoms with Crippen LogP contribution >= 0.6 is 0 Å². The number of pyridine rings is 3. The van der Waals surface area contributed by atoms with Crippen molar-refractivity contribution in [2.45, 2.75) is 26.3 Å². The van der Waals surface area contributed by atoms with Gasteiger partial charge in [0, 0.05) is 36.8 Å². The molecule has 0 saturated heterocycles. The third-order valence-electron chi connectivity index (χ3n) is 5.95. The van der Waals surface area contributed by atoms with Crippen molar-refractivity contribution in [3.8, 4) is 22.9 Å². The summed E-state index contributed by atoms with van der Waals surface area (Å²) in [5.41, 5.74) is 3.80. The fourth-order valence-corrected chi connectivity index (χ4v) is 3.80. The maximum Gasteiger partial charge on any atom is 0.156 e. The van der Waals surface area contributed by atoms with Crippen LogP contribution in [0.4, 0.5) is 16.0 Å². The number of allylic oxidation sites excluding steroid dienone is 1. The predicted octanol–water partition coefficient (Wildman–Crippen LogP) is 5.52. The molecule has 0 radical (unpaired) electrons. The van der Waals surface area contributed by atoms with Gasteiger partial charge in [0.1, 0.15) is 23.5 Å². The van der Waals surface area contributed by atoms with Crippen LogP contribution in [0.2, 0.25) is 0 Å². The monoisotopic (exact) mass is 498 g/mol. The number of aromatic nitrogens is 4. The van der Waals surface area contributed by atoms with E-state index in [1.54, 1.807) is 35.4 Å². The lowest BCUT2D eigenvalue weighted by atomic mass is 10.0. The van der Waals surface area contributed by atoms with Crippen LogP contribution in [0.3, 0.4) is 0 Å². The Hall–Kier alpha value is -4.78. The fourth-order valence-electron chi connectivity index (χ4n) is 3.80. The largest absolute Gasteiger partial charge is 0.492 e. The Labute approximate surface area is 214 Å². The Bertz CT molecular complexity index is 1460. The van der Waals surface area contributed by atoms with E-state index in [0.29, 0.717) is 35.5 Å². The highest BCUT2D eigenvalue weighted by molar-refractivity contribution is 5.85. The second kappa shape index (κ2) is 11.3. The SMILES string of the molecule is CCCOc1cc(-c2ccc(N(C)C(C)c3ccc(N/C=C(/F)C=N)nc3)nc2)c2c(C#N)cnn2c1. The van der Waals surface area contributed by atoms with Gasteiger partial charge in [0.25, 0.3) is 0 Å². The Morgan fingerprint density at radius 1 is 1.27 bits per heavy atom. The van der Waals surface area contributed by atoms with E-state index in [1.807, 2.05) is 50.1 Å². The summed E-state index contributed by atoms with van der Waals surface area (Å²) in [5.74, 6) is 1.23. The van der Waals surface area contributed by atoms with Gasteiger partial charge in [-0.15, -0.1) is 0 Å². The number of hydrogen-bond donors (Lipinski definition) is 2. The average Bonchev–Trinajstić information content (AvgIpc) is 3.37. The van der Waals surface area contributed by atoms with Gasteiger partial charge in [-0.05, 0) is 43.2 Å². The lowest BCUT2D eigenvalue weighted by Gasteiger charge is -2.26. The summed E-state index contributed by atoms with van der Waals surface area (Å²) in [6.45, 7) is 4.67. The molecule has 1 atom stereocenters. The van der Waals surface area contributed by atoms with Crippen molar-refractivity contribution in [1.29, 1.82) is 10.7 Å². The number of hydrogen-bond acceptors (Lipinski definition) is 8. The molecule has 0 bridgehead atoms. The van der Waals surface area contributed by atoms with Gasteiger partial charge >= 0.3 is 0 Å². The zero-order valence-corrected chi connectivity index (χ0v) is 20.8. The molecule has 4 heterocycles. The second-order valence-electron chi connectivity index (χ2n) is 8.39. The minimum Gasteiger partial charge on any atom is -0.492 e. The molecule has 0 spiro atoms. The van der Waals surface area contributed by atoms with Gasteiger partial charge in [0.15, 0.2) is 5.83 Å². The van der Waals surface area contributed by atoms with Crippen molar-refractivity contribution >= 4 is 23.4 Å². The van der Waals surface area contributed by atoms with Gasteiger partial charge in [-0.3, -0.25) is 0 Å². The lowest BCUT2D eigenvalue weighted by molar-refractivity contribution is 0.315. The molecular weight excluding hydrogens is 471 g/mol. The van der Waals surface area contributed by atoms with E-state index in [9.17, 15) is 9.65 Å². The molecule has 0 amide bonds. The van der Waals surface area contributed by atoms with Crippen molar-refractivity contribution in [2.24, 2.45) is 0 Å². The minimum absolute atomic E-state index is 0.0359. The number of nitriles is 1. The number of ether oxygens (including phenoxy) is 1. The Kier molecular flexibility index (Phi) is 7.74. The molecule has 0 saturated carbocycles. The van der Waals surface area contributed by atoms with Crippen LogP contribution in [0, 0.1) is 16.7 Å². The lowest BCUT2D eigenvalue weighted by Crippen LogP contribution is -2.22. The maximum absolute atomic E-state index is 13.1. The van der Waals surface area contributed by atoms with Crippen LogP contribution < -0.4 is 15.0 Å². The predicted molar refractivity (Wildman–Crippen MR) is 142 cm³/mol. The normalized spacial score (nSPS) is 12.1. The van der Waals surface area contributed by atoms with E-state index < -0.39 is 5.83 Å². The Morgan fingerprint density at radius 2 is 2.11 bits per heavy atom. The molecular formula is C27H27FN8O. The molecule has 188 valence electrons. The third-order valence-corrected chi connectivity index (χ3v) is 5.95. The number of halogens is 1. The maximum atomic E-state index is 13.1. The van der Waals surface area contributed by atoms with Gasteiger partial charge < -0.3 is 20.4 Å². The minimum atomic E-state index is -0.688. The van der Waals surface area contributed by atoms with Gasteiger partial charge in [-0.2, -0.15) is 10.4 Å². The summed E-state index contributed by atoms with van der Waals surface area (Å²) >= 11 is 0. The number of fused-ring (bicyclic) bond motifs is 1. The van der Waals surface area contributed by atoms with Crippen LogP contribution in [0.5, 0.6) is 5.75 Å². The first-order chi connectivity index (χ1) is 17.9. The summed E-state index contributed by atoms with van der Waals surface area (Å²) < 4.78 is 20.6. The van der Waals surface area contributed by atoms with Crippen molar-refractivity contribution in [1.82, 2.24) is 19.6 Å². The second-order valence-corrected chi connectivity index (χ2v) is 8.39. The fraction of sp³-hybridized carbons (Fsp3) is 0.222. The molecule has 9 nitrogen and oxygen atoms in total. The smallest absolute Gasteiger partial charge is 0.156 e. The summed E-state index contributed by atoms with van der Waals surface area (Å²) in [4.78, 5) is 11.0. The van der Waals surface area contributed by atoms with Crippen LogP contribution in [-0.2, 0) is 0 Å². The van der Waals surface area contributed by atoms with Crippen LogP contribution in [0.25, 0.3) is 16.6 Å². The highest BCUT2D eigenvalue weighted by Crippen LogP contribution is 2.32. The third kappa shape index (κ3) is 5.56. The number of nitrogens with zero attached hydrogens (tertiary/aromatic N) is 6. The quantitative estimate of drug-likeness (QED) is 0.277. The number of nitrogens with one attached hydrogen (secondary N) is 2. The van der Waals surface area contributed by atoms with Crippen LogP contribution in [0.15, 0.2) is 67.1 Å². The van der Waals surface area contributed by atoms with E-state index in [-0.39, 0.29) is 6.04 Å². The molecule has 10 heteroatoms. The molecule has 0 aliphatic heterocycles. The molecule has 1 unspecified atom stereocenters. The van der Waals surface area contributed by atoms with E-state index in [0.717, 1.165) is 35.1 Å². The van der Waals surface area contributed by atoms with Crippen molar-refractivity contribution in [3.63, 3.8) is 0 Å². The topological polar surface area (TPSA) is 115 Å². The highest BCUT2D eigenvalue weighted by Gasteiger charge is 2.17. The standard InChI is InChI=1S/C27H27FN8O/c1-4-9-37-23-10-24(27-21(11-29)15-34-36(27)17-23)20-6-8-26(33-14-20)35(3)18(2)19-5-7-25(31-13-19)32-16-22(28)12-30/h5-8,10,12-18,30H,4,9H2,1-3H3,(H,31,32)/b22-16+,30-12?. The van der Waals surface area contributed by atoms with Gasteiger partial charge in [-0.25, -0.2) is 18.9 Å². The first kappa shape index (κ1) is 25.3. The first-order valence-electron chi connectivity index (χ1n) is 11.8. The van der Waals surface area contributed by atoms with Gasteiger partial charge in [-0.1, -0.05) is 13.0 Å². The molecule has 0 fully saturated rings. The number of rotatable bonds is 10. The molecule has 4 aromatic heterocycles. The van der Waals surface area contributed by atoms with Crippen LogP contribution in [0.1, 0.15) is 37.4 Å². The molecule has 2 N–H and O–H groups in total. The van der Waals surface area contributed by atoms with Gasteiger partial charge in [0.2, 0.25) is 0 Å². The van der Waals surface area contributed by atoms with Gasteiger partial charge in [0.05, 0.1) is 42.3 Å². The van der Waals surface area contributed by atoms with Crippen LogP contribution in [-0.4, -0.2) is 39.5 Å². The molecule has 4 rings (SSSR count). The Balaban J connectivity index is 1.57.